The van der Waals surface area contributed by atoms with Gasteiger partial charge >= 0.3 is 5.97 Å². The van der Waals surface area contributed by atoms with E-state index in [0.29, 0.717) is 18.0 Å². The molecule has 1 atom stereocenters. The Morgan fingerprint density at radius 1 is 1.32 bits per heavy atom. The second kappa shape index (κ2) is 6.47. The van der Waals surface area contributed by atoms with Gasteiger partial charge in [0, 0.05) is 18.3 Å². The number of ether oxygens (including phenoxy) is 1. The molecule has 4 rings (SSSR count). The first-order chi connectivity index (χ1) is 13.1. The second-order valence-corrected chi connectivity index (χ2v) is 9.07. The SMILES string of the molecule is Cc1nc2c(cc1OCC1CC1)C[C@@H](C(C)(C)C)n1cc(C(=O)O)c(=O)cc1-2. The number of nitrogens with zero attached hydrogens (tertiary/aromatic N) is 2. The topological polar surface area (TPSA) is 81.4 Å². The monoisotopic (exact) mass is 382 g/mol. The van der Waals surface area contributed by atoms with Crippen LogP contribution in [0.1, 0.15) is 61.3 Å². The fraction of sp³-hybridized carbons (Fsp3) is 0.500. The molecule has 0 saturated heterocycles. The summed E-state index contributed by atoms with van der Waals surface area (Å²) in [6.07, 6.45) is 4.64. The van der Waals surface area contributed by atoms with Crippen LogP contribution in [0.5, 0.6) is 5.75 Å². The highest BCUT2D eigenvalue weighted by atomic mass is 16.5. The Hall–Kier alpha value is -2.63. The number of fused-ring (bicyclic) bond motifs is 3. The van der Waals surface area contributed by atoms with Crippen LogP contribution in [0.2, 0.25) is 0 Å². The lowest BCUT2D eigenvalue weighted by molar-refractivity contribution is 0.0693. The number of aromatic carboxylic acids is 1. The van der Waals surface area contributed by atoms with Crippen molar-refractivity contribution in [2.24, 2.45) is 11.3 Å². The number of aryl methyl sites for hydroxylation is 1. The number of hydrogen-bond acceptors (Lipinski definition) is 4. The molecule has 1 saturated carbocycles. The standard InChI is InChI=1S/C22H26N2O4/c1-12-18(28-11-13-5-6-13)7-14-8-19(22(2,3)4)24-10-15(21(26)27)17(25)9-16(24)20(14)23-12/h7,9-10,13,19H,5-6,8,11H2,1-4H3,(H,26,27)/t19-/m0/s1. The zero-order valence-corrected chi connectivity index (χ0v) is 16.8. The lowest BCUT2D eigenvalue weighted by Gasteiger charge is -2.38. The van der Waals surface area contributed by atoms with Crippen molar-refractivity contribution in [1.29, 1.82) is 0 Å². The summed E-state index contributed by atoms with van der Waals surface area (Å²) >= 11 is 0. The fourth-order valence-corrected chi connectivity index (χ4v) is 3.83. The third kappa shape index (κ3) is 3.32. The van der Waals surface area contributed by atoms with Crippen molar-refractivity contribution in [2.75, 3.05) is 6.61 Å². The van der Waals surface area contributed by atoms with E-state index in [2.05, 4.69) is 26.8 Å². The fourth-order valence-electron chi connectivity index (χ4n) is 3.83. The Kier molecular flexibility index (Phi) is 4.32. The highest BCUT2D eigenvalue weighted by Crippen LogP contribution is 2.43. The molecule has 2 aromatic rings. The van der Waals surface area contributed by atoms with Crippen molar-refractivity contribution in [2.45, 2.75) is 53.0 Å². The third-order valence-corrected chi connectivity index (χ3v) is 5.72. The van der Waals surface area contributed by atoms with Crippen LogP contribution < -0.4 is 10.2 Å². The van der Waals surface area contributed by atoms with E-state index >= 15 is 0 Å². The van der Waals surface area contributed by atoms with E-state index in [4.69, 9.17) is 9.72 Å². The van der Waals surface area contributed by atoms with Gasteiger partial charge in [-0.15, -0.1) is 0 Å². The predicted molar refractivity (Wildman–Crippen MR) is 106 cm³/mol. The van der Waals surface area contributed by atoms with E-state index in [1.54, 1.807) is 0 Å². The van der Waals surface area contributed by atoms with Gasteiger partial charge in [0.25, 0.3) is 0 Å². The Morgan fingerprint density at radius 2 is 2.04 bits per heavy atom. The summed E-state index contributed by atoms with van der Waals surface area (Å²) in [6.45, 7) is 9.00. The van der Waals surface area contributed by atoms with Crippen LogP contribution in [0.15, 0.2) is 23.1 Å². The number of hydrogen-bond donors (Lipinski definition) is 1. The van der Waals surface area contributed by atoms with Crippen LogP contribution in [-0.2, 0) is 6.42 Å². The maximum absolute atomic E-state index is 12.4. The molecule has 6 nitrogen and oxygen atoms in total. The zero-order valence-electron chi connectivity index (χ0n) is 16.8. The van der Waals surface area contributed by atoms with Gasteiger partial charge in [0.1, 0.15) is 11.3 Å². The van der Waals surface area contributed by atoms with Crippen molar-refractivity contribution in [3.8, 4) is 17.1 Å². The van der Waals surface area contributed by atoms with Crippen LogP contribution in [0.3, 0.4) is 0 Å². The average molecular weight is 382 g/mol. The highest BCUT2D eigenvalue weighted by molar-refractivity contribution is 5.87. The normalized spacial score (nSPS) is 18.4. The number of aromatic nitrogens is 2. The van der Waals surface area contributed by atoms with E-state index in [1.165, 1.54) is 25.1 Å². The largest absolute Gasteiger partial charge is 0.491 e. The van der Waals surface area contributed by atoms with Gasteiger partial charge in [-0.05, 0) is 49.1 Å². The molecule has 3 heterocycles. The maximum atomic E-state index is 12.4. The molecule has 148 valence electrons. The highest BCUT2D eigenvalue weighted by Gasteiger charge is 2.34. The maximum Gasteiger partial charge on any atom is 0.341 e. The van der Waals surface area contributed by atoms with E-state index in [1.807, 2.05) is 11.5 Å². The number of pyridine rings is 2. The molecular formula is C22H26N2O4. The lowest BCUT2D eigenvalue weighted by Crippen LogP contribution is -2.33. The summed E-state index contributed by atoms with van der Waals surface area (Å²) in [5.41, 5.74) is 2.42. The summed E-state index contributed by atoms with van der Waals surface area (Å²) < 4.78 is 7.92. The molecule has 28 heavy (non-hydrogen) atoms. The van der Waals surface area contributed by atoms with E-state index in [-0.39, 0.29) is 17.0 Å². The molecule has 0 spiro atoms. The summed E-state index contributed by atoms with van der Waals surface area (Å²) in [7, 11) is 0. The first kappa shape index (κ1) is 18.7. The van der Waals surface area contributed by atoms with Crippen LogP contribution in [0.4, 0.5) is 0 Å². The summed E-state index contributed by atoms with van der Waals surface area (Å²) in [5.74, 6) is 0.259. The Balaban J connectivity index is 1.86. The third-order valence-electron chi connectivity index (χ3n) is 5.72. The van der Waals surface area contributed by atoms with Gasteiger partial charge in [0.2, 0.25) is 0 Å². The Labute approximate surface area is 164 Å². The van der Waals surface area contributed by atoms with Crippen LogP contribution in [0, 0.1) is 18.3 Å². The van der Waals surface area contributed by atoms with E-state index in [0.717, 1.165) is 29.3 Å². The minimum atomic E-state index is -1.20. The minimum absolute atomic E-state index is 0.00879. The van der Waals surface area contributed by atoms with Gasteiger partial charge < -0.3 is 14.4 Å². The molecule has 1 aliphatic heterocycles. The predicted octanol–water partition coefficient (Wildman–Crippen LogP) is 3.85. The Bertz CT molecular complexity index is 1010. The van der Waals surface area contributed by atoms with E-state index in [9.17, 15) is 14.7 Å². The van der Waals surface area contributed by atoms with Gasteiger partial charge in [0.15, 0.2) is 5.43 Å². The van der Waals surface area contributed by atoms with Crippen molar-refractivity contribution in [3.63, 3.8) is 0 Å². The Morgan fingerprint density at radius 3 is 2.64 bits per heavy atom. The number of carboxylic acid groups (broad SMARTS) is 1. The summed E-state index contributed by atoms with van der Waals surface area (Å²) in [5, 5.41) is 9.40. The van der Waals surface area contributed by atoms with Crippen molar-refractivity contribution >= 4 is 5.97 Å². The number of carboxylic acids is 1. The first-order valence-electron chi connectivity index (χ1n) is 9.78. The second-order valence-electron chi connectivity index (χ2n) is 9.07. The zero-order chi connectivity index (χ0) is 20.2. The molecule has 0 unspecified atom stereocenters. The van der Waals surface area contributed by atoms with Crippen molar-refractivity contribution < 1.29 is 14.6 Å². The number of carbonyl (C=O) groups is 1. The molecule has 6 heteroatoms. The van der Waals surface area contributed by atoms with Gasteiger partial charge in [-0.25, -0.2) is 9.78 Å². The van der Waals surface area contributed by atoms with Gasteiger partial charge in [-0.2, -0.15) is 0 Å². The summed E-state index contributed by atoms with van der Waals surface area (Å²) in [6, 6.07) is 3.48. The van der Waals surface area contributed by atoms with Gasteiger partial charge in [0.05, 0.1) is 23.7 Å². The smallest absolute Gasteiger partial charge is 0.341 e. The quantitative estimate of drug-likeness (QED) is 0.869. The molecule has 2 aliphatic rings. The van der Waals surface area contributed by atoms with Crippen molar-refractivity contribution in [1.82, 2.24) is 9.55 Å². The van der Waals surface area contributed by atoms with E-state index < -0.39 is 11.4 Å². The van der Waals surface area contributed by atoms with Crippen LogP contribution in [-0.4, -0.2) is 27.2 Å². The molecular weight excluding hydrogens is 356 g/mol. The van der Waals surface area contributed by atoms with Gasteiger partial charge in [-0.3, -0.25) is 4.79 Å². The molecule has 0 aromatic carbocycles. The molecule has 1 fully saturated rings. The summed E-state index contributed by atoms with van der Waals surface area (Å²) in [4.78, 5) is 28.6. The molecule has 1 N–H and O–H groups in total. The minimum Gasteiger partial charge on any atom is -0.491 e. The molecule has 0 bridgehead atoms. The average Bonchev–Trinajstić information content (AvgIpc) is 3.42. The van der Waals surface area contributed by atoms with Crippen LogP contribution >= 0.6 is 0 Å². The molecule has 0 radical (unpaired) electrons. The first-order valence-corrected chi connectivity index (χ1v) is 9.78. The van der Waals surface area contributed by atoms with Crippen molar-refractivity contribution in [3.05, 3.63) is 45.4 Å². The lowest BCUT2D eigenvalue weighted by atomic mass is 9.79. The number of rotatable bonds is 4. The molecule has 1 aliphatic carbocycles. The van der Waals surface area contributed by atoms with Gasteiger partial charge in [-0.1, -0.05) is 20.8 Å². The van der Waals surface area contributed by atoms with Crippen LogP contribution in [0.25, 0.3) is 11.4 Å². The molecule has 0 amide bonds. The molecule has 2 aromatic heterocycles.